The smallest absolute Gasteiger partial charge is 0.223 e. The number of hydrogen-bond donors (Lipinski definition) is 2. The highest BCUT2D eigenvalue weighted by Crippen LogP contribution is 2.20. The molecule has 1 aliphatic rings. The summed E-state index contributed by atoms with van der Waals surface area (Å²) in [5.41, 5.74) is -0.122. The molecule has 0 aromatic heterocycles. The van der Waals surface area contributed by atoms with Crippen molar-refractivity contribution in [2.24, 2.45) is 0 Å². The summed E-state index contributed by atoms with van der Waals surface area (Å²) in [5.74, 6) is -1.60. The number of amides is 1. The number of nitrogens with one attached hydrogen (secondary N) is 2. The molecule has 1 aromatic carbocycles. The Morgan fingerprint density at radius 3 is 2.80 bits per heavy atom. The molecule has 1 heterocycles. The molecular weight excluding hydrogens is 266 g/mol. The number of morpholine rings is 1. The minimum absolute atomic E-state index is 0.122. The van der Waals surface area contributed by atoms with Crippen LogP contribution in [0.3, 0.4) is 0 Å². The fourth-order valence-corrected chi connectivity index (χ4v) is 2.25. The van der Waals surface area contributed by atoms with Crippen molar-refractivity contribution in [3.05, 3.63) is 35.4 Å². The van der Waals surface area contributed by atoms with Gasteiger partial charge in [-0.1, -0.05) is 6.07 Å². The third kappa shape index (κ3) is 3.74. The van der Waals surface area contributed by atoms with E-state index in [9.17, 15) is 13.6 Å². The Bertz CT molecular complexity index is 456. The zero-order valence-electron chi connectivity index (χ0n) is 11.3. The van der Waals surface area contributed by atoms with Gasteiger partial charge in [-0.2, -0.15) is 0 Å². The first-order valence-corrected chi connectivity index (χ1v) is 6.63. The molecule has 1 aliphatic heterocycles. The predicted molar refractivity (Wildman–Crippen MR) is 70.1 cm³/mol. The molecule has 110 valence electrons. The van der Waals surface area contributed by atoms with Crippen LogP contribution in [0.15, 0.2) is 18.2 Å². The van der Waals surface area contributed by atoms with Crippen molar-refractivity contribution in [1.29, 1.82) is 0 Å². The summed E-state index contributed by atoms with van der Waals surface area (Å²) in [6, 6.07) is 2.93. The van der Waals surface area contributed by atoms with Crippen molar-refractivity contribution in [2.75, 3.05) is 19.7 Å². The monoisotopic (exact) mass is 284 g/mol. The Kier molecular flexibility index (Phi) is 5.03. The summed E-state index contributed by atoms with van der Waals surface area (Å²) in [6.07, 6.45) is -0.0191. The average molecular weight is 284 g/mol. The van der Waals surface area contributed by atoms with Crippen LogP contribution in [-0.2, 0) is 9.53 Å². The minimum atomic E-state index is -0.722. The quantitative estimate of drug-likeness (QED) is 0.881. The van der Waals surface area contributed by atoms with Crippen molar-refractivity contribution >= 4 is 5.91 Å². The fourth-order valence-electron chi connectivity index (χ4n) is 2.25. The van der Waals surface area contributed by atoms with E-state index in [4.69, 9.17) is 4.74 Å². The highest BCUT2D eigenvalue weighted by atomic mass is 19.1. The van der Waals surface area contributed by atoms with Gasteiger partial charge in [0.05, 0.1) is 25.2 Å². The number of carbonyl (C=O) groups excluding carboxylic acids is 1. The van der Waals surface area contributed by atoms with E-state index < -0.39 is 17.7 Å². The third-order valence-electron chi connectivity index (χ3n) is 3.23. The zero-order chi connectivity index (χ0) is 14.5. The lowest BCUT2D eigenvalue weighted by Gasteiger charge is -2.24. The van der Waals surface area contributed by atoms with Gasteiger partial charge in [-0.3, -0.25) is 4.79 Å². The highest BCUT2D eigenvalue weighted by molar-refractivity contribution is 5.77. The molecular formula is C14H18F2N2O2. The average Bonchev–Trinajstić information content (AvgIpc) is 2.39. The Hall–Kier alpha value is -1.53. The molecule has 0 bridgehead atoms. The molecule has 2 rings (SSSR count). The number of benzene rings is 1. The molecule has 0 radical (unpaired) electrons. The predicted octanol–water partition coefficient (Wildman–Crippen LogP) is 1.52. The van der Waals surface area contributed by atoms with E-state index in [1.54, 1.807) is 6.92 Å². The lowest BCUT2D eigenvalue weighted by Crippen LogP contribution is -2.41. The van der Waals surface area contributed by atoms with E-state index in [0.717, 1.165) is 6.54 Å². The van der Waals surface area contributed by atoms with Gasteiger partial charge in [0.1, 0.15) is 11.6 Å². The molecule has 1 saturated heterocycles. The molecule has 2 N–H and O–H groups in total. The molecule has 4 nitrogen and oxygen atoms in total. The summed E-state index contributed by atoms with van der Waals surface area (Å²) < 4.78 is 32.6. The van der Waals surface area contributed by atoms with Crippen LogP contribution in [0.1, 0.15) is 24.9 Å². The van der Waals surface area contributed by atoms with Crippen molar-refractivity contribution in [2.45, 2.75) is 25.5 Å². The summed E-state index contributed by atoms with van der Waals surface area (Å²) in [5, 5.41) is 5.72. The van der Waals surface area contributed by atoms with Gasteiger partial charge in [0.15, 0.2) is 0 Å². The van der Waals surface area contributed by atoms with Gasteiger partial charge in [0, 0.05) is 18.7 Å². The Morgan fingerprint density at radius 1 is 1.50 bits per heavy atom. The number of halogens is 2. The van der Waals surface area contributed by atoms with Crippen molar-refractivity contribution in [1.82, 2.24) is 10.6 Å². The minimum Gasteiger partial charge on any atom is -0.375 e. The summed E-state index contributed by atoms with van der Waals surface area (Å²) in [6.45, 7) is 3.50. The van der Waals surface area contributed by atoms with Crippen molar-refractivity contribution in [3.63, 3.8) is 0 Å². The summed E-state index contributed by atoms with van der Waals surface area (Å²) in [7, 11) is 0. The molecule has 2 unspecified atom stereocenters. The molecule has 1 aromatic rings. The Balaban J connectivity index is 1.93. The standard InChI is InChI=1S/C14H18F2N2O2/c1-9(14-11(15)3-2-4-12(14)16)18-13(19)7-10-8-17-5-6-20-10/h2-4,9-10,17H,5-8H2,1H3,(H,18,19). The van der Waals surface area contributed by atoms with Gasteiger partial charge < -0.3 is 15.4 Å². The van der Waals surface area contributed by atoms with E-state index in [0.29, 0.717) is 13.2 Å². The van der Waals surface area contributed by atoms with Crippen molar-refractivity contribution in [3.8, 4) is 0 Å². The maximum atomic E-state index is 13.6. The van der Waals surface area contributed by atoms with Gasteiger partial charge in [-0.05, 0) is 19.1 Å². The van der Waals surface area contributed by atoms with Gasteiger partial charge in [0.25, 0.3) is 0 Å². The van der Waals surface area contributed by atoms with Crippen LogP contribution in [0.25, 0.3) is 0 Å². The van der Waals surface area contributed by atoms with Crippen LogP contribution >= 0.6 is 0 Å². The second kappa shape index (κ2) is 6.76. The first kappa shape index (κ1) is 14.9. The molecule has 0 spiro atoms. The molecule has 20 heavy (non-hydrogen) atoms. The first-order chi connectivity index (χ1) is 9.58. The molecule has 2 atom stereocenters. The zero-order valence-corrected chi connectivity index (χ0v) is 11.3. The topological polar surface area (TPSA) is 50.4 Å². The lowest BCUT2D eigenvalue weighted by atomic mass is 10.1. The molecule has 1 amide bonds. The van der Waals surface area contributed by atoms with Gasteiger partial charge in [0.2, 0.25) is 5.91 Å². The molecule has 0 aliphatic carbocycles. The maximum Gasteiger partial charge on any atom is 0.223 e. The van der Waals surface area contributed by atoms with Crippen molar-refractivity contribution < 1.29 is 18.3 Å². The summed E-state index contributed by atoms with van der Waals surface area (Å²) in [4.78, 5) is 11.9. The lowest BCUT2D eigenvalue weighted by molar-refractivity contribution is -0.125. The summed E-state index contributed by atoms with van der Waals surface area (Å²) >= 11 is 0. The second-order valence-corrected chi connectivity index (χ2v) is 4.83. The second-order valence-electron chi connectivity index (χ2n) is 4.83. The van der Waals surface area contributed by atoms with E-state index >= 15 is 0 Å². The number of carbonyl (C=O) groups is 1. The number of ether oxygens (including phenoxy) is 1. The van der Waals surface area contributed by atoms with Crippen LogP contribution < -0.4 is 10.6 Å². The first-order valence-electron chi connectivity index (χ1n) is 6.63. The van der Waals surface area contributed by atoms with E-state index in [-0.39, 0.29) is 24.0 Å². The number of rotatable bonds is 4. The fraction of sp³-hybridized carbons (Fsp3) is 0.500. The maximum absolute atomic E-state index is 13.6. The van der Waals surface area contributed by atoms with Gasteiger partial charge >= 0.3 is 0 Å². The van der Waals surface area contributed by atoms with Crippen LogP contribution in [0.2, 0.25) is 0 Å². The van der Waals surface area contributed by atoms with E-state index in [2.05, 4.69) is 10.6 Å². The molecule has 0 saturated carbocycles. The Morgan fingerprint density at radius 2 is 2.20 bits per heavy atom. The SMILES string of the molecule is CC(NC(=O)CC1CNCCO1)c1c(F)cccc1F. The van der Waals surface area contributed by atoms with Crippen LogP contribution in [0, 0.1) is 11.6 Å². The van der Waals surface area contributed by atoms with E-state index in [1.807, 2.05) is 0 Å². The largest absolute Gasteiger partial charge is 0.375 e. The Labute approximate surface area is 116 Å². The van der Waals surface area contributed by atoms with Crippen LogP contribution in [0.5, 0.6) is 0 Å². The number of hydrogen-bond acceptors (Lipinski definition) is 3. The molecule has 6 heteroatoms. The third-order valence-corrected chi connectivity index (χ3v) is 3.23. The normalized spacial score (nSPS) is 20.4. The van der Waals surface area contributed by atoms with Gasteiger partial charge in [-0.15, -0.1) is 0 Å². The van der Waals surface area contributed by atoms with Gasteiger partial charge in [-0.25, -0.2) is 8.78 Å². The van der Waals surface area contributed by atoms with Crippen LogP contribution in [0.4, 0.5) is 8.78 Å². The van der Waals surface area contributed by atoms with Crippen LogP contribution in [-0.4, -0.2) is 31.7 Å². The van der Waals surface area contributed by atoms with E-state index in [1.165, 1.54) is 18.2 Å². The molecule has 1 fully saturated rings. The highest BCUT2D eigenvalue weighted by Gasteiger charge is 2.21.